The van der Waals surface area contributed by atoms with Crippen LogP contribution in [0.2, 0.25) is 0 Å². The summed E-state index contributed by atoms with van der Waals surface area (Å²) in [5.41, 5.74) is 16.5. The van der Waals surface area contributed by atoms with Gasteiger partial charge in [0.2, 0.25) is 0 Å². The van der Waals surface area contributed by atoms with Gasteiger partial charge in [-0.2, -0.15) is 0 Å². The third-order valence-electron chi connectivity index (χ3n) is 6.79. The highest BCUT2D eigenvalue weighted by Gasteiger charge is 2.20. The molecule has 12 heteroatoms. The summed E-state index contributed by atoms with van der Waals surface area (Å²) in [4.78, 5) is 36.8. The molecule has 2 amide bonds. The zero-order valence-electron chi connectivity index (χ0n) is 23.0. The molecule has 1 aliphatic rings. The van der Waals surface area contributed by atoms with Crippen LogP contribution < -0.4 is 21.7 Å². The van der Waals surface area contributed by atoms with Gasteiger partial charge in [0.15, 0.2) is 11.0 Å². The first-order valence-corrected chi connectivity index (χ1v) is 14.1. The third kappa shape index (κ3) is 6.13. The maximum Gasteiger partial charge on any atom is 0.323 e. The summed E-state index contributed by atoms with van der Waals surface area (Å²) in [6.45, 7) is 8.18. The maximum absolute atomic E-state index is 12.6. The van der Waals surface area contributed by atoms with Gasteiger partial charge < -0.3 is 26.2 Å². The number of pyridine rings is 1. The minimum atomic E-state index is -0.115. The molecule has 0 spiro atoms. The molecule has 0 atom stereocenters. The number of nitrogens with one attached hydrogen (secondary N) is 1. The molecule has 1 fully saturated rings. The van der Waals surface area contributed by atoms with Gasteiger partial charge in [-0.1, -0.05) is 19.1 Å². The molecule has 1 aromatic carbocycles. The standard InChI is InChI=1S/C28H34N10OS/c1-4-9-38(28-32-21(17-40-28)26-33-23(29)15-24(30)34-26)22-14-19(6-5-18(22)2)20-7-8-25(31-16-20)35-27(39)37-12-10-36(3)11-13-37/h5-8,14-17H,4,9-13H2,1-3H3,(H,31,35,39)(H4,29,30,33,34). The van der Waals surface area contributed by atoms with Gasteiger partial charge in [-0.25, -0.2) is 24.7 Å². The molecule has 0 radical (unpaired) electrons. The van der Waals surface area contributed by atoms with Crippen LogP contribution in [0.3, 0.4) is 0 Å². The Bertz CT molecular complexity index is 1460. The molecule has 3 aromatic heterocycles. The number of anilines is 5. The minimum Gasteiger partial charge on any atom is -0.384 e. The summed E-state index contributed by atoms with van der Waals surface area (Å²) >= 11 is 1.52. The molecule has 208 valence electrons. The average molecular weight is 559 g/mol. The van der Waals surface area contributed by atoms with E-state index < -0.39 is 0 Å². The van der Waals surface area contributed by atoms with Crippen molar-refractivity contribution in [3.63, 3.8) is 0 Å². The minimum absolute atomic E-state index is 0.115. The van der Waals surface area contributed by atoms with E-state index in [9.17, 15) is 4.79 Å². The van der Waals surface area contributed by atoms with Crippen molar-refractivity contribution < 1.29 is 4.79 Å². The van der Waals surface area contributed by atoms with Crippen molar-refractivity contribution in [3.8, 4) is 22.6 Å². The van der Waals surface area contributed by atoms with E-state index in [1.165, 1.54) is 17.4 Å². The lowest BCUT2D eigenvalue weighted by molar-refractivity contribution is 0.164. The van der Waals surface area contributed by atoms with Gasteiger partial charge in [0.1, 0.15) is 23.1 Å². The van der Waals surface area contributed by atoms with Crippen molar-refractivity contribution in [2.45, 2.75) is 20.3 Å². The van der Waals surface area contributed by atoms with Crippen molar-refractivity contribution in [3.05, 3.63) is 53.5 Å². The number of carbonyl (C=O) groups excluding carboxylic acids is 1. The summed E-state index contributed by atoms with van der Waals surface area (Å²) in [7, 11) is 2.06. The molecule has 0 unspecified atom stereocenters. The smallest absolute Gasteiger partial charge is 0.323 e. The first-order chi connectivity index (χ1) is 19.3. The second-order valence-corrected chi connectivity index (χ2v) is 10.7. The lowest BCUT2D eigenvalue weighted by Crippen LogP contribution is -2.48. The predicted molar refractivity (Wildman–Crippen MR) is 162 cm³/mol. The topological polar surface area (TPSA) is 142 Å². The van der Waals surface area contributed by atoms with Gasteiger partial charge in [0.05, 0.1) is 0 Å². The van der Waals surface area contributed by atoms with Crippen molar-refractivity contribution in [2.75, 3.05) is 61.5 Å². The van der Waals surface area contributed by atoms with Crippen LogP contribution >= 0.6 is 11.3 Å². The highest BCUT2D eigenvalue weighted by Crippen LogP contribution is 2.36. The normalized spacial score (nSPS) is 13.8. The van der Waals surface area contributed by atoms with E-state index in [4.69, 9.17) is 16.5 Å². The van der Waals surface area contributed by atoms with Crippen LogP contribution in [0.5, 0.6) is 0 Å². The highest BCUT2D eigenvalue weighted by molar-refractivity contribution is 7.14. The Hall–Kier alpha value is -4.29. The number of nitrogens with two attached hydrogens (primary N) is 2. The predicted octanol–water partition coefficient (Wildman–Crippen LogP) is 4.46. The third-order valence-corrected chi connectivity index (χ3v) is 7.65. The molecular weight excluding hydrogens is 524 g/mol. The Morgan fingerprint density at radius 3 is 2.42 bits per heavy atom. The Kier molecular flexibility index (Phi) is 8.08. The summed E-state index contributed by atoms with van der Waals surface area (Å²) in [6, 6.07) is 11.6. The molecule has 0 bridgehead atoms. The quantitative estimate of drug-likeness (QED) is 0.299. The van der Waals surface area contributed by atoms with Gasteiger partial charge in [0.25, 0.3) is 0 Å². The second kappa shape index (κ2) is 11.8. The molecular formula is C28H34N10OS. The number of aryl methyl sites for hydroxylation is 1. The number of urea groups is 1. The Labute approximate surface area is 237 Å². The molecule has 1 saturated heterocycles. The summed E-state index contributed by atoms with van der Waals surface area (Å²) in [5.74, 6) is 1.56. The number of nitrogens with zero attached hydrogens (tertiary/aromatic N) is 7. The molecule has 0 saturated carbocycles. The van der Waals surface area contributed by atoms with Crippen LogP contribution in [-0.4, -0.2) is 75.5 Å². The van der Waals surface area contributed by atoms with Crippen LogP contribution in [0, 0.1) is 6.92 Å². The van der Waals surface area contributed by atoms with E-state index in [2.05, 4.69) is 69.2 Å². The molecule has 40 heavy (non-hydrogen) atoms. The lowest BCUT2D eigenvalue weighted by atomic mass is 10.0. The number of rotatable bonds is 7. The molecule has 4 heterocycles. The number of likely N-dealkylation sites (N-methyl/N-ethyl adjacent to an activating group) is 1. The van der Waals surface area contributed by atoms with Crippen molar-refractivity contribution in [2.24, 2.45) is 0 Å². The van der Waals surface area contributed by atoms with Crippen LogP contribution in [0.1, 0.15) is 18.9 Å². The number of piperazine rings is 1. The number of carbonyl (C=O) groups is 1. The highest BCUT2D eigenvalue weighted by atomic mass is 32.1. The fourth-order valence-electron chi connectivity index (χ4n) is 4.55. The zero-order valence-corrected chi connectivity index (χ0v) is 23.8. The SMILES string of the molecule is CCCN(c1nc(-c2nc(N)cc(N)n2)cs1)c1cc(-c2ccc(NC(=O)N3CCN(C)CC3)nc2)ccc1C. The van der Waals surface area contributed by atoms with E-state index in [0.29, 0.717) is 42.1 Å². The largest absolute Gasteiger partial charge is 0.384 e. The van der Waals surface area contributed by atoms with E-state index in [0.717, 1.165) is 53.6 Å². The van der Waals surface area contributed by atoms with Crippen LogP contribution in [0.25, 0.3) is 22.6 Å². The number of aromatic nitrogens is 4. The first-order valence-electron chi connectivity index (χ1n) is 13.3. The van der Waals surface area contributed by atoms with Crippen LogP contribution in [0.4, 0.5) is 33.1 Å². The number of nitrogen functional groups attached to an aromatic ring is 2. The van der Waals surface area contributed by atoms with Crippen molar-refractivity contribution in [1.82, 2.24) is 29.7 Å². The van der Waals surface area contributed by atoms with Gasteiger partial charge >= 0.3 is 6.03 Å². The molecule has 4 aromatic rings. The second-order valence-electron chi connectivity index (χ2n) is 9.86. The Morgan fingerprint density at radius 1 is 1.02 bits per heavy atom. The zero-order chi connectivity index (χ0) is 28.2. The summed E-state index contributed by atoms with van der Waals surface area (Å²) in [5, 5.41) is 5.68. The van der Waals surface area contributed by atoms with E-state index in [-0.39, 0.29) is 6.03 Å². The number of thiazole rings is 1. The molecule has 5 N–H and O–H groups in total. The average Bonchev–Trinajstić information content (AvgIpc) is 3.43. The molecule has 1 aliphatic heterocycles. The molecule has 0 aliphatic carbocycles. The van der Waals surface area contributed by atoms with Gasteiger partial charge in [-0.3, -0.25) is 5.32 Å². The number of amides is 2. The lowest BCUT2D eigenvalue weighted by Gasteiger charge is -2.32. The number of hydrogen-bond acceptors (Lipinski definition) is 10. The first kappa shape index (κ1) is 27.3. The van der Waals surface area contributed by atoms with Crippen molar-refractivity contribution in [1.29, 1.82) is 0 Å². The molecule has 5 rings (SSSR count). The van der Waals surface area contributed by atoms with Gasteiger partial charge in [-0.15, -0.1) is 11.3 Å². The van der Waals surface area contributed by atoms with E-state index in [1.54, 1.807) is 6.20 Å². The van der Waals surface area contributed by atoms with E-state index >= 15 is 0 Å². The maximum atomic E-state index is 12.6. The Morgan fingerprint density at radius 2 is 1.75 bits per heavy atom. The van der Waals surface area contributed by atoms with Crippen LogP contribution in [-0.2, 0) is 0 Å². The number of hydrogen-bond donors (Lipinski definition) is 3. The van der Waals surface area contributed by atoms with Crippen LogP contribution in [0.15, 0.2) is 48.0 Å². The monoisotopic (exact) mass is 558 g/mol. The summed E-state index contributed by atoms with van der Waals surface area (Å²) in [6.07, 6.45) is 2.73. The fraction of sp³-hybridized carbons (Fsp3) is 0.321. The molecule has 11 nitrogen and oxygen atoms in total. The van der Waals surface area contributed by atoms with Gasteiger partial charge in [-0.05, 0) is 49.7 Å². The fourth-order valence-corrected chi connectivity index (χ4v) is 5.39. The van der Waals surface area contributed by atoms with E-state index in [1.807, 2.05) is 22.4 Å². The Balaban J connectivity index is 1.36. The number of benzene rings is 1. The van der Waals surface area contributed by atoms with Gasteiger partial charge in [0, 0.05) is 61.6 Å². The van der Waals surface area contributed by atoms with Crippen molar-refractivity contribution >= 4 is 45.6 Å². The summed E-state index contributed by atoms with van der Waals surface area (Å²) < 4.78 is 0.